The van der Waals surface area contributed by atoms with Crippen molar-refractivity contribution in [2.45, 2.75) is 75.3 Å². The molecule has 0 N–H and O–H groups in total. The van der Waals surface area contributed by atoms with Gasteiger partial charge in [-0.1, -0.05) is 55.5 Å². The summed E-state index contributed by atoms with van der Waals surface area (Å²) < 4.78 is 0.585. The number of hydrogen-bond donors (Lipinski definition) is 0. The second-order valence-corrected chi connectivity index (χ2v) is 14.1. The molecule has 4 aromatic rings. The molecule has 39 heavy (non-hydrogen) atoms. The minimum atomic E-state index is 0. The maximum atomic E-state index is 2.45. The van der Waals surface area contributed by atoms with Crippen molar-refractivity contribution in [3.63, 3.8) is 0 Å². The summed E-state index contributed by atoms with van der Waals surface area (Å²) in [7, 11) is 0. The van der Waals surface area contributed by atoms with Gasteiger partial charge in [0.25, 0.3) is 0 Å². The summed E-state index contributed by atoms with van der Waals surface area (Å²) in [6, 6.07) is 31.8. The van der Waals surface area contributed by atoms with Crippen molar-refractivity contribution in [3.05, 3.63) is 118 Å². The van der Waals surface area contributed by atoms with E-state index in [9.17, 15) is 0 Å². The van der Waals surface area contributed by atoms with Crippen molar-refractivity contribution in [3.8, 4) is 22.3 Å². The average Bonchev–Trinajstić information content (AvgIpc) is 3.35. The smallest absolute Gasteiger partial charge is 0.00990 e. The van der Waals surface area contributed by atoms with Gasteiger partial charge in [-0.25, -0.2) is 0 Å². The van der Waals surface area contributed by atoms with Gasteiger partial charge in [0, 0.05) is 5.92 Å². The van der Waals surface area contributed by atoms with E-state index in [0.29, 0.717) is 9.54 Å². The molecular formula is C36H39Cl2Zr. The third-order valence-corrected chi connectivity index (χ3v) is 9.65. The molecule has 2 aliphatic carbocycles. The molecule has 0 nitrogen and oxygen atoms in total. The first-order chi connectivity index (χ1) is 17.5. The largest absolute Gasteiger partial charge is 1.00 e. The van der Waals surface area contributed by atoms with E-state index in [1.54, 1.807) is 24.7 Å². The maximum Gasteiger partial charge on any atom is 0.00990 e. The van der Waals surface area contributed by atoms with Crippen LogP contribution in [0, 0.1) is 0 Å². The van der Waals surface area contributed by atoms with Crippen LogP contribution < -0.4 is 24.8 Å². The Labute approximate surface area is 263 Å². The van der Waals surface area contributed by atoms with Gasteiger partial charge in [-0.15, -0.1) is 0 Å². The molecule has 201 valence electrons. The van der Waals surface area contributed by atoms with Crippen LogP contribution in [0.5, 0.6) is 0 Å². The number of hydrogen-bond acceptors (Lipinski definition) is 0. The fourth-order valence-corrected chi connectivity index (χ4v) is 7.07. The summed E-state index contributed by atoms with van der Waals surface area (Å²) in [4.78, 5) is 0. The standard InChI is InChI=1S/C21H25.C15H14.2ClH.Zr/c1-20(2,3)16-7-9-18-14(12-16)11-15-13-17(21(4,5)6)8-10-19(15)18;1-2-11-12-7-3-5-9-14(12)15-10-6-4-8-13(11)15;;;/h7-13H,1-6H3;3-11H,2H2,1H3;2*1H;/q;;;;+2/p-2. The second-order valence-electron chi connectivity index (χ2n) is 12.7. The molecule has 0 amide bonds. The Morgan fingerprint density at radius 3 is 1.26 bits per heavy atom. The van der Waals surface area contributed by atoms with Gasteiger partial charge in [0.05, 0.1) is 0 Å². The minimum Gasteiger partial charge on any atom is -1.00 e. The number of halogens is 2. The van der Waals surface area contributed by atoms with Crippen molar-refractivity contribution in [1.29, 1.82) is 0 Å². The van der Waals surface area contributed by atoms with Crippen LogP contribution in [0.15, 0.2) is 84.9 Å². The average molecular weight is 634 g/mol. The van der Waals surface area contributed by atoms with E-state index >= 15 is 0 Å². The predicted molar refractivity (Wildman–Crippen MR) is 155 cm³/mol. The summed E-state index contributed by atoms with van der Waals surface area (Å²) in [5, 5.41) is 0. The van der Waals surface area contributed by atoms with Crippen LogP contribution in [0.25, 0.3) is 22.3 Å². The van der Waals surface area contributed by atoms with Gasteiger partial charge in [-0.2, -0.15) is 0 Å². The Bertz CT molecular complexity index is 1350. The Balaban J connectivity index is 0.000000217. The van der Waals surface area contributed by atoms with Crippen LogP contribution in [0.1, 0.15) is 97.8 Å². The van der Waals surface area contributed by atoms with Crippen LogP contribution in [0.2, 0.25) is 0 Å². The van der Waals surface area contributed by atoms with Gasteiger partial charge in [0.1, 0.15) is 0 Å². The molecule has 0 heterocycles. The Morgan fingerprint density at radius 2 is 0.897 bits per heavy atom. The van der Waals surface area contributed by atoms with E-state index in [4.69, 9.17) is 0 Å². The number of rotatable bonds is 1. The first-order valence-corrected chi connectivity index (χ1v) is 15.1. The Kier molecular flexibility index (Phi) is 9.86. The zero-order valence-corrected chi connectivity index (χ0v) is 28.2. The van der Waals surface area contributed by atoms with Crippen molar-refractivity contribution in [1.82, 2.24) is 0 Å². The van der Waals surface area contributed by atoms with Gasteiger partial charge in [-0.3, -0.25) is 0 Å². The molecule has 0 radical (unpaired) electrons. The summed E-state index contributed by atoms with van der Waals surface area (Å²) in [6.07, 6.45) is 1.19. The van der Waals surface area contributed by atoms with Gasteiger partial charge in [0.15, 0.2) is 0 Å². The molecule has 0 unspecified atom stereocenters. The SMILES string of the molecule is CC(C)(C)c1ccc2c(c1)[CH]([Zr+2])c1cc(C(C)(C)C)ccc1-2.CCC1c2ccccc2-c2ccccc21.[Cl-].[Cl-]. The van der Waals surface area contributed by atoms with Crippen molar-refractivity contribution < 1.29 is 49.5 Å². The van der Waals surface area contributed by atoms with Crippen molar-refractivity contribution >= 4 is 0 Å². The molecule has 3 heteroatoms. The Morgan fingerprint density at radius 1 is 0.538 bits per heavy atom. The van der Waals surface area contributed by atoms with Crippen molar-refractivity contribution in [2.24, 2.45) is 0 Å². The molecule has 4 aromatic carbocycles. The molecule has 0 fully saturated rings. The van der Waals surface area contributed by atoms with Crippen LogP contribution in [0.3, 0.4) is 0 Å². The normalized spacial score (nSPS) is 13.7. The fraction of sp³-hybridized carbons (Fsp3) is 0.333. The molecule has 6 rings (SSSR count). The van der Waals surface area contributed by atoms with Gasteiger partial charge >= 0.3 is 150 Å². The zero-order valence-electron chi connectivity index (χ0n) is 24.2. The van der Waals surface area contributed by atoms with Crippen molar-refractivity contribution in [2.75, 3.05) is 0 Å². The van der Waals surface area contributed by atoms with Crippen LogP contribution in [-0.2, 0) is 35.5 Å². The molecule has 0 bridgehead atoms. The molecule has 0 saturated heterocycles. The molecule has 0 saturated carbocycles. The summed E-state index contributed by atoms with van der Waals surface area (Å²) in [5.74, 6) is 0.609. The van der Waals surface area contributed by atoms with E-state index in [1.165, 1.54) is 62.1 Å². The minimum absolute atomic E-state index is 0. The molecule has 0 aliphatic heterocycles. The van der Waals surface area contributed by atoms with Crippen LogP contribution in [0.4, 0.5) is 0 Å². The van der Waals surface area contributed by atoms with Gasteiger partial charge in [0.2, 0.25) is 0 Å². The molecule has 0 atom stereocenters. The topological polar surface area (TPSA) is 0 Å². The van der Waals surface area contributed by atoms with E-state index < -0.39 is 0 Å². The van der Waals surface area contributed by atoms with E-state index in [1.807, 2.05) is 0 Å². The number of benzene rings is 4. The molecule has 2 aliphatic rings. The summed E-state index contributed by atoms with van der Waals surface area (Å²) in [5.41, 5.74) is 15.2. The molecule has 0 spiro atoms. The third kappa shape index (κ3) is 6.03. The summed E-state index contributed by atoms with van der Waals surface area (Å²) in [6.45, 7) is 16.1. The van der Waals surface area contributed by atoms with E-state index in [0.717, 1.165) is 0 Å². The summed E-state index contributed by atoms with van der Waals surface area (Å²) >= 11 is 1.59. The van der Waals surface area contributed by atoms with E-state index in [2.05, 4.69) is 133 Å². The van der Waals surface area contributed by atoms with Crippen LogP contribution >= 0.6 is 0 Å². The third-order valence-electron chi connectivity index (χ3n) is 8.12. The molecule has 0 aromatic heterocycles. The second kappa shape index (κ2) is 12.1. The monoisotopic (exact) mass is 631 g/mol. The fourth-order valence-electron chi connectivity index (χ4n) is 5.89. The predicted octanol–water partition coefficient (Wildman–Crippen LogP) is 4.12. The van der Waals surface area contributed by atoms with Crippen LogP contribution in [-0.4, -0.2) is 0 Å². The van der Waals surface area contributed by atoms with Gasteiger partial charge in [-0.05, 0) is 28.7 Å². The quantitative estimate of drug-likeness (QED) is 0.296. The maximum absolute atomic E-state index is 2.45. The number of fused-ring (bicyclic) bond motifs is 6. The first kappa shape index (κ1) is 31.9. The molecular weight excluding hydrogens is 595 g/mol. The van der Waals surface area contributed by atoms with Gasteiger partial charge < -0.3 is 24.8 Å². The zero-order chi connectivity index (χ0) is 26.5. The Hall–Kier alpha value is -1.66. The van der Waals surface area contributed by atoms with E-state index in [-0.39, 0.29) is 35.6 Å². The first-order valence-electron chi connectivity index (χ1n) is 13.7.